The molecule has 0 aliphatic heterocycles. The maximum Gasteiger partial charge on any atom is 0.130 e. The number of nitrogens with zero attached hydrogens (tertiary/aromatic N) is 2. The van der Waals surface area contributed by atoms with Gasteiger partial charge in [0.2, 0.25) is 0 Å². The van der Waals surface area contributed by atoms with Crippen molar-refractivity contribution in [1.29, 1.82) is 5.41 Å². The maximum absolute atomic E-state index is 7.74. The number of hydrogen-bond donors (Lipinski definition) is 2. The first kappa shape index (κ1) is 14.5. The minimum atomic E-state index is 0.0489. The molecule has 0 radical (unpaired) electrons. The van der Waals surface area contributed by atoms with Crippen molar-refractivity contribution in [2.45, 2.75) is 31.6 Å². The summed E-state index contributed by atoms with van der Waals surface area (Å²) in [6.07, 6.45) is 0. The molecular formula is C15H18N4S. The van der Waals surface area contributed by atoms with Crippen LogP contribution in [-0.2, 0) is 5.75 Å². The van der Waals surface area contributed by atoms with Crippen molar-refractivity contribution in [2.24, 2.45) is 5.73 Å². The van der Waals surface area contributed by atoms with Crippen LogP contribution in [-0.4, -0.2) is 16.0 Å². The normalized spacial score (nSPS) is 10.6. The average Bonchev–Trinajstić information content (AvgIpc) is 2.41. The number of hydrogen-bond acceptors (Lipinski definition) is 4. The van der Waals surface area contributed by atoms with E-state index in [1.54, 1.807) is 11.8 Å². The average molecular weight is 286 g/mol. The van der Waals surface area contributed by atoms with Crippen molar-refractivity contribution in [2.75, 3.05) is 0 Å². The van der Waals surface area contributed by atoms with Crippen LogP contribution in [0, 0.1) is 26.2 Å². The van der Waals surface area contributed by atoms with Gasteiger partial charge in [0.05, 0.1) is 11.3 Å². The third-order valence-corrected chi connectivity index (χ3v) is 4.33. The van der Waals surface area contributed by atoms with Crippen LogP contribution in [0.5, 0.6) is 0 Å². The summed E-state index contributed by atoms with van der Waals surface area (Å²) in [6.45, 7) is 5.90. The molecule has 1 heterocycles. The molecule has 2 aromatic rings. The van der Waals surface area contributed by atoms with E-state index in [0.717, 1.165) is 22.0 Å². The molecule has 1 aromatic carbocycles. The lowest BCUT2D eigenvalue weighted by atomic mass is 10.1. The summed E-state index contributed by atoms with van der Waals surface area (Å²) in [5.41, 5.74) is 10.6. The SMILES string of the molecule is Cc1ccccc1CSc1nnc(C)c(C)c1C(=N)N. The fraction of sp³-hybridized carbons (Fsp3) is 0.267. The lowest BCUT2D eigenvalue weighted by Gasteiger charge is -2.11. The molecule has 104 valence electrons. The molecule has 0 atom stereocenters. The summed E-state index contributed by atoms with van der Waals surface area (Å²) in [4.78, 5) is 0. The molecular weight excluding hydrogens is 268 g/mol. The zero-order chi connectivity index (χ0) is 14.7. The highest BCUT2D eigenvalue weighted by molar-refractivity contribution is 7.98. The van der Waals surface area contributed by atoms with E-state index in [4.69, 9.17) is 11.1 Å². The lowest BCUT2D eigenvalue weighted by molar-refractivity contribution is 0.872. The van der Waals surface area contributed by atoms with Gasteiger partial charge in [-0.15, -0.1) is 5.10 Å². The Morgan fingerprint density at radius 2 is 1.90 bits per heavy atom. The lowest BCUT2D eigenvalue weighted by Crippen LogP contribution is -2.16. The molecule has 0 saturated carbocycles. The van der Waals surface area contributed by atoms with Gasteiger partial charge in [-0.05, 0) is 37.5 Å². The molecule has 4 nitrogen and oxygen atoms in total. The number of benzene rings is 1. The quantitative estimate of drug-likeness (QED) is 0.514. The van der Waals surface area contributed by atoms with Crippen LogP contribution in [0.15, 0.2) is 29.3 Å². The molecule has 5 heteroatoms. The van der Waals surface area contributed by atoms with E-state index in [9.17, 15) is 0 Å². The zero-order valence-corrected chi connectivity index (χ0v) is 12.7. The maximum atomic E-state index is 7.74. The minimum Gasteiger partial charge on any atom is -0.384 e. The Hall–Kier alpha value is -1.88. The molecule has 0 aliphatic rings. The Morgan fingerprint density at radius 1 is 1.20 bits per heavy atom. The van der Waals surface area contributed by atoms with Gasteiger partial charge in [0.25, 0.3) is 0 Å². The first-order valence-corrected chi connectivity index (χ1v) is 7.35. The van der Waals surface area contributed by atoms with Gasteiger partial charge >= 0.3 is 0 Å². The van der Waals surface area contributed by atoms with E-state index >= 15 is 0 Å². The third kappa shape index (κ3) is 2.99. The predicted octanol–water partition coefficient (Wildman–Crippen LogP) is 2.98. The van der Waals surface area contributed by atoms with Crippen LogP contribution >= 0.6 is 11.8 Å². The summed E-state index contributed by atoms with van der Waals surface area (Å²) >= 11 is 1.57. The second kappa shape index (κ2) is 6.05. The molecule has 0 saturated heterocycles. The molecule has 0 bridgehead atoms. The van der Waals surface area contributed by atoms with Gasteiger partial charge in [-0.1, -0.05) is 36.0 Å². The molecule has 3 N–H and O–H groups in total. The smallest absolute Gasteiger partial charge is 0.130 e. The highest BCUT2D eigenvalue weighted by Crippen LogP contribution is 2.27. The number of aromatic nitrogens is 2. The molecule has 1 aromatic heterocycles. The first-order valence-electron chi connectivity index (χ1n) is 6.36. The van der Waals surface area contributed by atoms with Crippen molar-refractivity contribution in [1.82, 2.24) is 10.2 Å². The number of nitrogen functional groups attached to an aromatic ring is 1. The first-order chi connectivity index (χ1) is 9.50. The fourth-order valence-corrected chi connectivity index (χ4v) is 3.05. The zero-order valence-electron chi connectivity index (χ0n) is 11.9. The Labute approximate surface area is 123 Å². The third-order valence-electron chi connectivity index (χ3n) is 3.32. The minimum absolute atomic E-state index is 0.0489. The van der Waals surface area contributed by atoms with E-state index in [2.05, 4.69) is 29.3 Å². The van der Waals surface area contributed by atoms with Crippen LogP contribution in [0.25, 0.3) is 0 Å². The van der Waals surface area contributed by atoms with Gasteiger partial charge in [-0.2, -0.15) is 5.10 Å². The van der Waals surface area contributed by atoms with Gasteiger partial charge < -0.3 is 5.73 Å². The number of aryl methyl sites for hydroxylation is 2. The summed E-state index contributed by atoms with van der Waals surface area (Å²) in [6, 6.07) is 8.25. The largest absolute Gasteiger partial charge is 0.384 e. The van der Waals surface area contributed by atoms with E-state index in [0.29, 0.717) is 5.56 Å². The van der Waals surface area contributed by atoms with Crippen LogP contribution in [0.4, 0.5) is 0 Å². The highest BCUT2D eigenvalue weighted by Gasteiger charge is 2.14. The Morgan fingerprint density at radius 3 is 2.55 bits per heavy atom. The van der Waals surface area contributed by atoms with Gasteiger partial charge in [-0.3, -0.25) is 5.41 Å². The number of nitrogens with two attached hydrogens (primary N) is 1. The van der Waals surface area contributed by atoms with Gasteiger partial charge in [0.15, 0.2) is 0 Å². The summed E-state index contributed by atoms with van der Waals surface area (Å²) in [5.74, 6) is 0.845. The highest BCUT2D eigenvalue weighted by atomic mass is 32.2. The summed E-state index contributed by atoms with van der Waals surface area (Å²) in [7, 11) is 0. The standard InChI is InChI=1S/C15H18N4S/c1-9-6-4-5-7-12(9)8-20-15-13(14(16)17)10(2)11(3)18-19-15/h4-7H,8H2,1-3H3,(H3,16,17). The van der Waals surface area contributed by atoms with Crippen LogP contribution in [0.1, 0.15) is 27.9 Å². The summed E-state index contributed by atoms with van der Waals surface area (Å²) < 4.78 is 0. The van der Waals surface area contributed by atoms with E-state index in [1.165, 1.54) is 11.1 Å². The number of rotatable bonds is 4. The number of amidine groups is 1. The fourth-order valence-electron chi connectivity index (χ4n) is 1.92. The van der Waals surface area contributed by atoms with Crippen molar-refractivity contribution < 1.29 is 0 Å². The van der Waals surface area contributed by atoms with Gasteiger partial charge in [0, 0.05) is 5.75 Å². The van der Waals surface area contributed by atoms with Crippen molar-refractivity contribution in [3.63, 3.8) is 0 Å². The Kier molecular flexibility index (Phi) is 4.39. The van der Waals surface area contributed by atoms with Crippen LogP contribution in [0.3, 0.4) is 0 Å². The second-order valence-electron chi connectivity index (χ2n) is 4.72. The van der Waals surface area contributed by atoms with Gasteiger partial charge in [0.1, 0.15) is 10.9 Å². The molecule has 20 heavy (non-hydrogen) atoms. The predicted molar refractivity (Wildman–Crippen MR) is 83.3 cm³/mol. The van der Waals surface area contributed by atoms with Crippen LogP contribution < -0.4 is 5.73 Å². The second-order valence-corrected chi connectivity index (χ2v) is 5.68. The van der Waals surface area contributed by atoms with E-state index in [1.807, 2.05) is 26.0 Å². The van der Waals surface area contributed by atoms with Crippen LogP contribution in [0.2, 0.25) is 0 Å². The topological polar surface area (TPSA) is 75.7 Å². The summed E-state index contributed by atoms with van der Waals surface area (Å²) in [5, 5.41) is 16.8. The Bertz CT molecular complexity index is 652. The monoisotopic (exact) mass is 286 g/mol. The van der Waals surface area contributed by atoms with E-state index in [-0.39, 0.29) is 5.84 Å². The Balaban J connectivity index is 2.29. The molecule has 0 spiro atoms. The molecule has 0 unspecified atom stereocenters. The molecule has 2 rings (SSSR count). The van der Waals surface area contributed by atoms with Crippen molar-refractivity contribution in [3.8, 4) is 0 Å². The van der Waals surface area contributed by atoms with Crippen molar-refractivity contribution >= 4 is 17.6 Å². The number of thioether (sulfide) groups is 1. The molecule has 0 fully saturated rings. The van der Waals surface area contributed by atoms with Gasteiger partial charge in [-0.25, -0.2) is 0 Å². The number of nitrogens with one attached hydrogen (secondary N) is 1. The molecule has 0 aliphatic carbocycles. The van der Waals surface area contributed by atoms with Crippen molar-refractivity contribution in [3.05, 3.63) is 52.2 Å². The molecule has 0 amide bonds. The van der Waals surface area contributed by atoms with E-state index < -0.39 is 0 Å².